The summed E-state index contributed by atoms with van der Waals surface area (Å²) in [4.78, 5) is 8.95. The summed E-state index contributed by atoms with van der Waals surface area (Å²) in [5.74, 6) is 0.475. The predicted octanol–water partition coefficient (Wildman–Crippen LogP) is 4.62. The molecule has 0 aliphatic rings. The number of nitrogen functional groups attached to an aromatic ring is 1. The first kappa shape index (κ1) is 14.4. The first-order valence-electron chi connectivity index (χ1n) is 7.96. The number of fused-ring (bicyclic) bond motifs is 3. The Kier molecular flexibility index (Phi) is 3.67. The van der Waals surface area contributed by atoms with Crippen molar-refractivity contribution in [3.63, 3.8) is 0 Å². The lowest BCUT2D eigenvalue weighted by Crippen LogP contribution is -1.95. The van der Waals surface area contributed by atoms with Crippen LogP contribution in [0.25, 0.3) is 27.9 Å². The van der Waals surface area contributed by atoms with Crippen molar-refractivity contribution in [1.82, 2.24) is 9.97 Å². The molecule has 0 bridgehead atoms. The van der Waals surface area contributed by atoms with Gasteiger partial charge in [0.1, 0.15) is 5.52 Å². The Bertz CT molecular complexity index is 1040. The van der Waals surface area contributed by atoms with E-state index in [2.05, 4.69) is 58.5 Å². The molecule has 2 N–H and O–H groups in total. The zero-order valence-electron chi connectivity index (χ0n) is 13.2. The van der Waals surface area contributed by atoms with Crippen LogP contribution in [0.3, 0.4) is 0 Å². The van der Waals surface area contributed by atoms with Gasteiger partial charge in [-0.3, -0.25) is 4.98 Å². The van der Waals surface area contributed by atoms with Crippen molar-refractivity contribution in [3.05, 3.63) is 84.1 Å². The highest BCUT2D eigenvalue weighted by Gasteiger charge is 2.07. The van der Waals surface area contributed by atoms with Gasteiger partial charge in [-0.1, -0.05) is 60.7 Å². The van der Waals surface area contributed by atoms with Crippen LogP contribution in [0.1, 0.15) is 11.1 Å². The van der Waals surface area contributed by atoms with Gasteiger partial charge in [0.25, 0.3) is 0 Å². The maximum absolute atomic E-state index is 6.06. The van der Waals surface area contributed by atoms with Gasteiger partial charge in [0.2, 0.25) is 0 Å². The van der Waals surface area contributed by atoms with Crippen LogP contribution in [0.15, 0.2) is 72.9 Å². The molecule has 2 heterocycles. The highest BCUT2D eigenvalue weighted by Crippen LogP contribution is 2.27. The molecular weight excluding hydrogens is 294 g/mol. The fourth-order valence-electron chi connectivity index (χ4n) is 2.91. The summed E-state index contributed by atoms with van der Waals surface area (Å²) in [6, 6.07) is 20.5. The number of hydrogen-bond donors (Lipinski definition) is 1. The van der Waals surface area contributed by atoms with E-state index in [1.165, 1.54) is 5.56 Å². The molecule has 0 aliphatic carbocycles. The SMILES string of the molecule is Nc1nc2ccccc2c2cc(C=CCc3ccccc3)cnc12. The molecule has 4 rings (SSSR count). The van der Waals surface area contributed by atoms with Crippen molar-refractivity contribution in [3.8, 4) is 0 Å². The lowest BCUT2D eigenvalue weighted by Gasteiger charge is -2.06. The normalized spacial score (nSPS) is 11.5. The Labute approximate surface area is 140 Å². The summed E-state index contributed by atoms with van der Waals surface area (Å²) < 4.78 is 0. The Balaban J connectivity index is 1.73. The van der Waals surface area contributed by atoms with Crippen LogP contribution in [0.5, 0.6) is 0 Å². The van der Waals surface area contributed by atoms with E-state index < -0.39 is 0 Å². The number of benzene rings is 2. The maximum atomic E-state index is 6.06. The molecule has 2 aromatic carbocycles. The van der Waals surface area contributed by atoms with E-state index in [1.54, 1.807) is 0 Å². The molecule has 0 fully saturated rings. The van der Waals surface area contributed by atoms with E-state index in [-0.39, 0.29) is 0 Å². The number of rotatable bonds is 3. The maximum Gasteiger partial charge on any atom is 0.150 e. The van der Waals surface area contributed by atoms with Gasteiger partial charge in [0.15, 0.2) is 5.82 Å². The molecule has 24 heavy (non-hydrogen) atoms. The number of hydrogen-bond acceptors (Lipinski definition) is 3. The van der Waals surface area contributed by atoms with Gasteiger partial charge in [0, 0.05) is 17.0 Å². The molecule has 0 amide bonds. The van der Waals surface area contributed by atoms with Gasteiger partial charge in [-0.15, -0.1) is 0 Å². The summed E-state index contributed by atoms with van der Waals surface area (Å²) in [7, 11) is 0. The van der Waals surface area contributed by atoms with E-state index in [1.807, 2.05) is 30.5 Å². The Hall–Kier alpha value is -3.20. The highest BCUT2D eigenvalue weighted by molar-refractivity contribution is 6.08. The summed E-state index contributed by atoms with van der Waals surface area (Å²) in [5.41, 5.74) is 10.1. The van der Waals surface area contributed by atoms with Crippen molar-refractivity contribution >= 4 is 33.7 Å². The second-order valence-electron chi connectivity index (χ2n) is 5.77. The van der Waals surface area contributed by atoms with Crippen molar-refractivity contribution in [2.45, 2.75) is 6.42 Å². The largest absolute Gasteiger partial charge is 0.382 e. The molecule has 116 valence electrons. The number of pyridine rings is 2. The third-order valence-corrected chi connectivity index (χ3v) is 4.09. The molecule has 2 aromatic heterocycles. The van der Waals surface area contributed by atoms with Crippen LogP contribution in [0.2, 0.25) is 0 Å². The van der Waals surface area contributed by atoms with Gasteiger partial charge in [0.05, 0.1) is 5.52 Å². The standard InChI is InChI=1S/C21H17N3/c22-21-20-18(17-11-4-5-12-19(17)24-21)13-16(14-23-20)10-6-9-15-7-2-1-3-8-15/h1-8,10-14H,9H2,(H2,22,24). The minimum atomic E-state index is 0.475. The molecule has 0 unspecified atom stereocenters. The molecule has 4 aromatic rings. The van der Waals surface area contributed by atoms with Gasteiger partial charge >= 0.3 is 0 Å². The highest BCUT2D eigenvalue weighted by atomic mass is 14.9. The average Bonchev–Trinajstić information content (AvgIpc) is 2.63. The third kappa shape index (κ3) is 2.72. The van der Waals surface area contributed by atoms with Crippen LogP contribution in [0.4, 0.5) is 5.82 Å². The van der Waals surface area contributed by atoms with Gasteiger partial charge in [-0.2, -0.15) is 0 Å². The van der Waals surface area contributed by atoms with Crippen molar-refractivity contribution in [2.75, 3.05) is 5.73 Å². The van der Waals surface area contributed by atoms with Gasteiger partial charge < -0.3 is 5.73 Å². The smallest absolute Gasteiger partial charge is 0.150 e. The van der Waals surface area contributed by atoms with E-state index in [0.29, 0.717) is 5.82 Å². The lowest BCUT2D eigenvalue weighted by molar-refractivity contribution is 1.28. The number of allylic oxidation sites excluding steroid dienone is 1. The molecular formula is C21H17N3. The first-order valence-corrected chi connectivity index (χ1v) is 7.96. The Morgan fingerprint density at radius 2 is 1.71 bits per heavy atom. The van der Waals surface area contributed by atoms with E-state index >= 15 is 0 Å². The monoisotopic (exact) mass is 311 g/mol. The van der Waals surface area contributed by atoms with E-state index in [4.69, 9.17) is 5.73 Å². The first-order chi connectivity index (χ1) is 11.8. The summed E-state index contributed by atoms with van der Waals surface area (Å²) >= 11 is 0. The number of aromatic nitrogens is 2. The number of anilines is 1. The van der Waals surface area contributed by atoms with Crippen LogP contribution < -0.4 is 5.73 Å². The number of nitrogens with zero attached hydrogens (tertiary/aromatic N) is 2. The van der Waals surface area contributed by atoms with E-state index in [0.717, 1.165) is 33.8 Å². The molecule has 3 nitrogen and oxygen atoms in total. The summed E-state index contributed by atoms with van der Waals surface area (Å²) in [5, 5.41) is 2.12. The quantitative estimate of drug-likeness (QED) is 0.562. The van der Waals surface area contributed by atoms with Crippen molar-refractivity contribution in [2.24, 2.45) is 0 Å². The Morgan fingerprint density at radius 1 is 0.917 bits per heavy atom. The second kappa shape index (κ2) is 6.13. The summed E-state index contributed by atoms with van der Waals surface area (Å²) in [6.45, 7) is 0. The second-order valence-corrected chi connectivity index (χ2v) is 5.77. The minimum Gasteiger partial charge on any atom is -0.382 e. The fraction of sp³-hybridized carbons (Fsp3) is 0.0476. The summed E-state index contributed by atoms with van der Waals surface area (Å²) in [6.07, 6.45) is 7.00. The van der Waals surface area contributed by atoms with Crippen LogP contribution in [0, 0.1) is 0 Å². The molecule has 0 radical (unpaired) electrons. The molecule has 0 spiro atoms. The topological polar surface area (TPSA) is 51.8 Å². The number of nitrogens with two attached hydrogens (primary N) is 1. The zero-order chi connectivity index (χ0) is 16.4. The van der Waals surface area contributed by atoms with Crippen molar-refractivity contribution in [1.29, 1.82) is 0 Å². The zero-order valence-corrected chi connectivity index (χ0v) is 13.2. The average molecular weight is 311 g/mol. The minimum absolute atomic E-state index is 0.475. The van der Waals surface area contributed by atoms with Crippen LogP contribution in [-0.2, 0) is 6.42 Å². The predicted molar refractivity (Wildman–Crippen MR) is 101 cm³/mol. The van der Waals surface area contributed by atoms with Crippen LogP contribution >= 0.6 is 0 Å². The molecule has 0 aliphatic heterocycles. The van der Waals surface area contributed by atoms with Crippen molar-refractivity contribution < 1.29 is 0 Å². The molecule has 3 heteroatoms. The molecule has 0 saturated carbocycles. The Morgan fingerprint density at radius 3 is 2.58 bits per heavy atom. The van der Waals surface area contributed by atoms with Gasteiger partial charge in [-0.05, 0) is 29.7 Å². The fourth-order valence-corrected chi connectivity index (χ4v) is 2.91. The van der Waals surface area contributed by atoms with Gasteiger partial charge in [-0.25, -0.2) is 4.98 Å². The third-order valence-electron chi connectivity index (χ3n) is 4.09. The van der Waals surface area contributed by atoms with E-state index in [9.17, 15) is 0 Å². The van der Waals surface area contributed by atoms with Crippen LogP contribution in [-0.4, -0.2) is 9.97 Å². The number of para-hydroxylation sites is 1. The molecule has 0 saturated heterocycles. The lowest BCUT2D eigenvalue weighted by atomic mass is 10.1. The molecule has 0 atom stereocenters.